The van der Waals surface area contributed by atoms with Crippen molar-refractivity contribution in [2.45, 2.75) is 52.0 Å². The lowest BCUT2D eigenvalue weighted by molar-refractivity contribution is -0.139. The highest BCUT2D eigenvalue weighted by atomic mass is 16.4. The quantitative estimate of drug-likeness (QED) is 0.762. The second kappa shape index (κ2) is 6.11. The van der Waals surface area contributed by atoms with Crippen LogP contribution in [-0.4, -0.2) is 35.1 Å². The van der Waals surface area contributed by atoms with Crippen LogP contribution in [0.5, 0.6) is 0 Å². The average molecular weight is 213 g/mol. The SMILES string of the molecule is CCCN(CC(=O)O)C1CCCCC1C. The van der Waals surface area contributed by atoms with Crippen molar-refractivity contribution >= 4 is 5.97 Å². The molecule has 0 aromatic heterocycles. The van der Waals surface area contributed by atoms with E-state index in [4.69, 9.17) is 5.11 Å². The third kappa shape index (κ3) is 3.82. The van der Waals surface area contributed by atoms with Gasteiger partial charge < -0.3 is 5.11 Å². The van der Waals surface area contributed by atoms with Gasteiger partial charge in [-0.3, -0.25) is 9.69 Å². The fourth-order valence-electron chi connectivity index (χ4n) is 2.66. The molecule has 1 N–H and O–H groups in total. The summed E-state index contributed by atoms with van der Waals surface area (Å²) < 4.78 is 0. The Labute approximate surface area is 92.5 Å². The maximum absolute atomic E-state index is 10.8. The van der Waals surface area contributed by atoms with Gasteiger partial charge in [-0.2, -0.15) is 0 Å². The summed E-state index contributed by atoms with van der Waals surface area (Å²) in [5.41, 5.74) is 0. The minimum atomic E-state index is -0.693. The smallest absolute Gasteiger partial charge is 0.317 e. The zero-order valence-corrected chi connectivity index (χ0v) is 9.91. The minimum absolute atomic E-state index is 0.211. The standard InChI is InChI=1S/C12H23NO2/c1-3-8-13(9-12(14)15)11-7-5-4-6-10(11)2/h10-11H,3-9H2,1-2H3,(H,14,15). The van der Waals surface area contributed by atoms with Crippen molar-refractivity contribution in [2.24, 2.45) is 5.92 Å². The van der Waals surface area contributed by atoms with Gasteiger partial charge in [-0.1, -0.05) is 26.7 Å². The Bertz CT molecular complexity index is 206. The number of hydrogen-bond donors (Lipinski definition) is 1. The molecule has 2 atom stereocenters. The molecule has 0 spiro atoms. The fourth-order valence-corrected chi connectivity index (χ4v) is 2.66. The van der Waals surface area contributed by atoms with Gasteiger partial charge in [0.25, 0.3) is 0 Å². The first kappa shape index (κ1) is 12.5. The van der Waals surface area contributed by atoms with E-state index >= 15 is 0 Å². The molecule has 0 aliphatic heterocycles. The molecule has 0 bridgehead atoms. The number of aliphatic carboxylic acids is 1. The van der Waals surface area contributed by atoms with Gasteiger partial charge in [-0.05, 0) is 31.7 Å². The average Bonchev–Trinajstić information content (AvgIpc) is 2.17. The predicted molar refractivity (Wildman–Crippen MR) is 60.9 cm³/mol. The van der Waals surface area contributed by atoms with Crippen molar-refractivity contribution in [3.05, 3.63) is 0 Å². The molecular formula is C12H23NO2. The van der Waals surface area contributed by atoms with Crippen LogP contribution in [0.2, 0.25) is 0 Å². The Morgan fingerprint density at radius 1 is 1.40 bits per heavy atom. The summed E-state index contributed by atoms with van der Waals surface area (Å²) in [6.45, 7) is 5.50. The van der Waals surface area contributed by atoms with Crippen molar-refractivity contribution in [1.29, 1.82) is 0 Å². The molecule has 1 fully saturated rings. The molecule has 15 heavy (non-hydrogen) atoms. The van der Waals surface area contributed by atoms with Crippen LogP contribution in [0.15, 0.2) is 0 Å². The number of hydrogen-bond acceptors (Lipinski definition) is 2. The number of carboxylic acid groups (broad SMARTS) is 1. The van der Waals surface area contributed by atoms with Gasteiger partial charge in [-0.15, -0.1) is 0 Å². The van der Waals surface area contributed by atoms with Crippen LogP contribution in [0.4, 0.5) is 0 Å². The normalized spacial score (nSPS) is 26.9. The summed E-state index contributed by atoms with van der Waals surface area (Å²) in [7, 11) is 0. The van der Waals surface area contributed by atoms with E-state index in [1.165, 1.54) is 25.7 Å². The van der Waals surface area contributed by atoms with Crippen LogP contribution in [0, 0.1) is 5.92 Å². The fraction of sp³-hybridized carbons (Fsp3) is 0.917. The zero-order chi connectivity index (χ0) is 11.3. The molecule has 0 saturated heterocycles. The lowest BCUT2D eigenvalue weighted by Crippen LogP contribution is -2.44. The first-order valence-electron chi connectivity index (χ1n) is 6.11. The van der Waals surface area contributed by atoms with Gasteiger partial charge in [-0.25, -0.2) is 0 Å². The Kier molecular flexibility index (Phi) is 5.09. The predicted octanol–water partition coefficient (Wildman–Crippen LogP) is 2.36. The van der Waals surface area contributed by atoms with Gasteiger partial charge in [0, 0.05) is 6.04 Å². The van der Waals surface area contributed by atoms with Gasteiger partial charge in [0.2, 0.25) is 0 Å². The van der Waals surface area contributed by atoms with E-state index in [9.17, 15) is 4.79 Å². The first-order chi connectivity index (χ1) is 7.15. The highest BCUT2D eigenvalue weighted by Crippen LogP contribution is 2.28. The van der Waals surface area contributed by atoms with Crippen LogP contribution in [0.1, 0.15) is 46.0 Å². The lowest BCUT2D eigenvalue weighted by Gasteiger charge is -2.37. The molecule has 0 heterocycles. The summed E-state index contributed by atoms with van der Waals surface area (Å²) in [5, 5.41) is 8.89. The van der Waals surface area contributed by atoms with E-state index < -0.39 is 5.97 Å². The Morgan fingerprint density at radius 3 is 2.60 bits per heavy atom. The maximum Gasteiger partial charge on any atom is 0.317 e. The number of rotatable bonds is 5. The molecule has 0 aromatic rings. The van der Waals surface area contributed by atoms with Crippen LogP contribution >= 0.6 is 0 Å². The second-order valence-corrected chi connectivity index (χ2v) is 4.69. The number of carboxylic acids is 1. The molecule has 3 nitrogen and oxygen atoms in total. The monoisotopic (exact) mass is 213 g/mol. The molecule has 0 radical (unpaired) electrons. The molecule has 1 aliphatic carbocycles. The van der Waals surface area contributed by atoms with Gasteiger partial charge in [0.05, 0.1) is 6.54 Å². The summed E-state index contributed by atoms with van der Waals surface area (Å²) in [5.74, 6) is -0.0362. The maximum atomic E-state index is 10.8. The third-order valence-electron chi connectivity index (χ3n) is 3.38. The van der Waals surface area contributed by atoms with Crippen molar-refractivity contribution in [2.75, 3.05) is 13.1 Å². The van der Waals surface area contributed by atoms with Crippen molar-refractivity contribution in [1.82, 2.24) is 4.90 Å². The van der Waals surface area contributed by atoms with Gasteiger partial charge in [0.1, 0.15) is 0 Å². The van der Waals surface area contributed by atoms with Crippen molar-refractivity contribution in [3.63, 3.8) is 0 Å². The number of carbonyl (C=O) groups is 1. The van der Waals surface area contributed by atoms with Crippen LogP contribution in [0.25, 0.3) is 0 Å². The topological polar surface area (TPSA) is 40.5 Å². The second-order valence-electron chi connectivity index (χ2n) is 4.69. The van der Waals surface area contributed by atoms with Gasteiger partial charge in [0.15, 0.2) is 0 Å². The Morgan fingerprint density at radius 2 is 2.07 bits per heavy atom. The minimum Gasteiger partial charge on any atom is -0.480 e. The number of nitrogens with zero attached hydrogens (tertiary/aromatic N) is 1. The Balaban J connectivity index is 2.55. The summed E-state index contributed by atoms with van der Waals surface area (Å²) in [6.07, 6.45) is 6.04. The molecule has 0 amide bonds. The van der Waals surface area contributed by atoms with E-state index in [1.54, 1.807) is 0 Å². The molecule has 1 rings (SSSR count). The largest absolute Gasteiger partial charge is 0.480 e. The van der Waals surface area contributed by atoms with Crippen LogP contribution < -0.4 is 0 Å². The molecule has 1 aliphatic rings. The van der Waals surface area contributed by atoms with E-state index in [1.807, 2.05) is 0 Å². The Hall–Kier alpha value is -0.570. The summed E-state index contributed by atoms with van der Waals surface area (Å²) in [6, 6.07) is 0.495. The van der Waals surface area contributed by atoms with Crippen LogP contribution in [-0.2, 0) is 4.79 Å². The highest BCUT2D eigenvalue weighted by molar-refractivity contribution is 5.69. The summed E-state index contributed by atoms with van der Waals surface area (Å²) in [4.78, 5) is 13.0. The highest BCUT2D eigenvalue weighted by Gasteiger charge is 2.27. The van der Waals surface area contributed by atoms with Crippen LogP contribution in [0.3, 0.4) is 0 Å². The lowest BCUT2D eigenvalue weighted by atomic mass is 9.85. The van der Waals surface area contributed by atoms with E-state index in [2.05, 4.69) is 18.7 Å². The zero-order valence-electron chi connectivity index (χ0n) is 9.91. The van der Waals surface area contributed by atoms with E-state index in [0.717, 1.165) is 13.0 Å². The molecule has 3 heteroatoms. The molecular weight excluding hydrogens is 190 g/mol. The first-order valence-corrected chi connectivity index (χ1v) is 6.11. The van der Waals surface area contributed by atoms with Gasteiger partial charge >= 0.3 is 5.97 Å². The van der Waals surface area contributed by atoms with E-state index in [0.29, 0.717) is 12.0 Å². The summed E-state index contributed by atoms with van der Waals surface area (Å²) >= 11 is 0. The molecule has 2 unspecified atom stereocenters. The van der Waals surface area contributed by atoms with Crippen molar-refractivity contribution < 1.29 is 9.90 Å². The van der Waals surface area contributed by atoms with Crippen molar-refractivity contribution in [3.8, 4) is 0 Å². The third-order valence-corrected chi connectivity index (χ3v) is 3.38. The molecule has 1 saturated carbocycles. The van der Waals surface area contributed by atoms with E-state index in [-0.39, 0.29) is 6.54 Å². The molecule has 88 valence electrons. The molecule has 0 aromatic carbocycles.